The van der Waals surface area contributed by atoms with E-state index < -0.39 is 0 Å². The molecule has 0 aromatic heterocycles. The Morgan fingerprint density at radius 3 is 2.57 bits per heavy atom. The molecule has 0 aliphatic carbocycles. The first-order chi connectivity index (χ1) is 6.42. The Morgan fingerprint density at radius 1 is 1.57 bits per heavy atom. The third-order valence-corrected chi connectivity index (χ3v) is 7.53. The zero-order valence-electron chi connectivity index (χ0n) is 9.05. The third-order valence-electron chi connectivity index (χ3n) is 2.13. The maximum atomic E-state index is 11.5. The van der Waals surface area contributed by atoms with Crippen molar-refractivity contribution in [2.45, 2.75) is 31.4 Å². The topological polar surface area (TPSA) is 29.5 Å². The van der Waals surface area contributed by atoms with Gasteiger partial charge in [-0.3, -0.25) is 0 Å². The van der Waals surface area contributed by atoms with Gasteiger partial charge in [0.1, 0.15) is 0 Å². The Labute approximate surface area is 104 Å². The summed E-state index contributed by atoms with van der Waals surface area (Å²) in [5, 5.41) is 1.40. The second kappa shape index (κ2) is 5.10. The van der Waals surface area contributed by atoms with Gasteiger partial charge in [-0.2, -0.15) is 0 Å². The number of amides is 1. The molecule has 0 N–H and O–H groups in total. The first-order valence-electron chi connectivity index (χ1n) is 4.96. The quantitative estimate of drug-likeness (QED) is 0.558. The molecule has 3 nitrogen and oxygen atoms in total. The van der Waals surface area contributed by atoms with Crippen LogP contribution in [0.1, 0.15) is 20.8 Å². The first kappa shape index (κ1) is 12.7. The van der Waals surface area contributed by atoms with Crippen LogP contribution in [0.5, 0.6) is 0 Å². The van der Waals surface area contributed by atoms with E-state index in [2.05, 4.69) is 19.8 Å². The van der Waals surface area contributed by atoms with Gasteiger partial charge in [0.15, 0.2) is 0 Å². The Bertz CT molecular complexity index is 211. The molecule has 0 aromatic rings. The maximum absolute atomic E-state index is 11.5. The number of hydrogen-bond acceptors (Lipinski definition) is 2. The van der Waals surface area contributed by atoms with Gasteiger partial charge in [-0.1, -0.05) is 0 Å². The van der Waals surface area contributed by atoms with Crippen molar-refractivity contribution in [3.8, 4) is 0 Å². The van der Waals surface area contributed by atoms with Crippen LogP contribution in [-0.2, 0) is 18.3 Å². The Balaban J connectivity index is 2.23. The van der Waals surface area contributed by atoms with Gasteiger partial charge in [-0.05, 0) is 0 Å². The third kappa shape index (κ3) is 4.01. The summed E-state index contributed by atoms with van der Waals surface area (Å²) in [7, 11) is 0. The van der Waals surface area contributed by atoms with E-state index in [4.69, 9.17) is 4.74 Å². The average Bonchev–Trinajstić information content (AvgIpc) is 1.91. The zero-order valence-corrected chi connectivity index (χ0v) is 14.2. The molecule has 0 spiro atoms. The Hall–Kier alpha value is 0.623. The molecule has 1 rings (SSSR count). The molecule has 1 fully saturated rings. The van der Waals surface area contributed by atoms with Gasteiger partial charge in [-0.25, -0.2) is 0 Å². The van der Waals surface area contributed by atoms with E-state index >= 15 is 0 Å². The summed E-state index contributed by atoms with van der Waals surface area (Å²) in [5.74, 6) is 0.777. The number of hydrogen-bond donors (Lipinski definition) is 0. The van der Waals surface area contributed by atoms with E-state index in [1.165, 1.54) is 5.02 Å². The van der Waals surface area contributed by atoms with Crippen LogP contribution in [0.25, 0.3) is 0 Å². The summed E-state index contributed by atoms with van der Waals surface area (Å²) in [6, 6.07) is 0. The molecule has 14 heavy (non-hydrogen) atoms. The van der Waals surface area contributed by atoms with E-state index in [9.17, 15) is 4.79 Å². The summed E-state index contributed by atoms with van der Waals surface area (Å²) < 4.78 is 5.27. The zero-order chi connectivity index (χ0) is 10.8. The van der Waals surface area contributed by atoms with Crippen LogP contribution in [0.4, 0.5) is 4.79 Å². The second-order valence-electron chi connectivity index (χ2n) is 4.73. The number of likely N-dealkylation sites (tertiary alicyclic amines) is 1. The van der Waals surface area contributed by atoms with Crippen molar-refractivity contribution >= 4 is 25.8 Å². The molecule has 1 saturated heterocycles. The fourth-order valence-corrected chi connectivity index (χ4v) is 7.37. The minimum absolute atomic E-state index is 0.144. The van der Waals surface area contributed by atoms with Gasteiger partial charge in [0.05, 0.1) is 0 Å². The molecule has 1 amide bonds. The predicted molar refractivity (Wildman–Crippen MR) is 60.1 cm³/mol. The van der Waals surface area contributed by atoms with E-state index in [0.717, 1.165) is 19.0 Å². The van der Waals surface area contributed by atoms with Crippen molar-refractivity contribution in [2.75, 3.05) is 13.1 Å². The molecule has 0 atom stereocenters. The van der Waals surface area contributed by atoms with Crippen LogP contribution >= 0.6 is 19.8 Å². The number of halogens is 1. The number of carbonyl (C=O) groups excluding carboxylic acids is 1. The standard InChI is InChI=1S/C9H16NO2.HI.Zn/c1-7-5-10(6-7)8(11)12-9(2,3)4;;/h7H,1,5-6H2,2-4H3;1H;/q;;+1/p-1. The predicted octanol–water partition coefficient (Wildman–Crippen LogP) is 2.70. The van der Waals surface area contributed by atoms with Crippen LogP contribution in [0.2, 0.25) is 5.02 Å². The van der Waals surface area contributed by atoms with E-state index in [0.29, 0.717) is 0 Å². The van der Waals surface area contributed by atoms with Gasteiger partial charge in [0.25, 0.3) is 0 Å². The van der Waals surface area contributed by atoms with E-state index in [1.54, 1.807) is 0 Å². The van der Waals surface area contributed by atoms with Crippen molar-refractivity contribution < 1.29 is 23.1 Å². The van der Waals surface area contributed by atoms with Crippen molar-refractivity contribution in [1.82, 2.24) is 4.90 Å². The van der Waals surface area contributed by atoms with Crippen LogP contribution in [0.3, 0.4) is 0 Å². The Morgan fingerprint density at radius 2 is 2.14 bits per heavy atom. The molecule has 0 unspecified atom stereocenters. The summed E-state index contributed by atoms with van der Waals surface area (Å²) >= 11 is 2.31. The molecular weight excluding hydrogens is 346 g/mol. The fourth-order valence-electron chi connectivity index (χ4n) is 1.38. The number of rotatable bonds is 2. The van der Waals surface area contributed by atoms with Crippen molar-refractivity contribution in [3.63, 3.8) is 0 Å². The minimum atomic E-state index is -0.358. The molecule has 0 bridgehead atoms. The summed E-state index contributed by atoms with van der Waals surface area (Å²) in [6.45, 7) is 7.55. The molecule has 0 aromatic carbocycles. The monoisotopic (exact) mass is 361 g/mol. The molecule has 78 valence electrons. The molecule has 1 aliphatic rings. The van der Waals surface area contributed by atoms with Gasteiger partial charge < -0.3 is 0 Å². The number of carbonyl (C=O) groups is 1. The molecular formula is C9H16INO2Zn. The first-order valence-corrected chi connectivity index (χ1v) is 16.1. The van der Waals surface area contributed by atoms with Crippen molar-refractivity contribution in [3.05, 3.63) is 0 Å². The van der Waals surface area contributed by atoms with Crippen LogP contribution in [0, 0.1) is 5.92 Å². The Kier molecular flexibility index (Phi) is 4.63. The van der Waals surface area contributed by atoms with Crippen LogP contribution < -0.4 is 0 Å². The summed E-state index contributed by atoms with van der Waals surface area (Å²) in [6.07, 6.45) is -0.144. The van der Waals surface area contributed by atoms with Gasteiger partial charge in [0.2, 0.25) is 0 Å². The normalized spacial score (nSPS) is 17.3. The molecule has 1 aliphatic heterocycles. The molecule has 0 saturated carbocycles. The van der Waals surface area contributed by atoms with Crippen LogP contribution in [0.15, 0.2) is 0 Å². The van der Waals surface area contributed by atoms with E-state index in [1.807, 2.05) is 25.7 Å². The number of nitrogens with zero attached hydrogens (tertiary/aromatic N) is 1. The van der Waals surface area contributed by atoms with E-state index in [-0.39, 0.29) is 25.3 Å². The number of ether oxygens (including phenoxy) is 1. The van der Waals surface area contributed by atoms with Crippen molar-refractivity contribution in [2.24, 2.45) is 5.92 Å². The van der Waals surface area contributed by atoms with Crippen LogP contribution in [-0.4, -0.2) is 29.7 Å². The molecule has 1 heterocycles. The van der Waals surface area contributed by atoms with Crippen molar-refractivity contribution in [1.29, 1.82) is 0 Å². The van der Waals surface area contributed by atoms with Gasteiger partial charge in [0, 0.05) is 0 Å². The average molecular weight is 363 g/mol. The molecule has 0 radical (unpaired) electrons. The van der Waals surface area contributed by atoms with Gasteiger partial charge in [-0.15, -0.1) is 0 Å². The van der Waals surface area contributed by atoms with Gasteiger partial charge >= 0.3 is 104 Å². The summed E-state index contributed by atoms with van der Waals surface area (Å²) in [5.41, 5.74) is -0.358. The SMILES string of the molecule is CC(C)(C)OC(=O)N1CC([CH2][Zn][I])C1. The summed E-state index contributed by atoms with van der Waals surface area (Å²) in [4.78, 5) is 13.3. The second-order valence-corrected chi connectivity index (χ2v) is 12.3. The molecule has 5 heteroatoms. The fraction of sp³-hybridized carbons (Fsp3) is 0.889.